The lowest BCUT2D eigenvalue weighted by Crippen LogP contribution is -2.28. The number of alkyl halides is 1. The van der Waals surface area contributed by atoms with Gasteiger partial charge in [0.05, 0.1) is 12.2 Å². The average molecular weight is 316 g/mol. The van der Waals surface area contributed by atoms with Crippen molar-refractivity contribution in [2.24, 2.45) is 5.92 Å². The van der Waals surface area contributed by atoms with Crippen molar-refractivity contribution in [3.05, 3.63) is 35.9 Å². The van der Waals surface area contributed by atoms with Crippen LogP contribution >= 0.6 is 22.6 Å². The third kappa shape index (κ3) is 2.94. The van der Waals surface area contributed by atoms with E-state index in [9.17, 15) is 0 Å². The SMILES string of the molecule is CC(CI)(OCC1CC1)c1ccccc1. The van der Waals surface area contributed by atoms with Crippen molar-refractivity contribution in [2.45, 2.75) is 25.4 Å². The molecule has 0 aromatic heterocycles. The van der Waals surface area contributed by atoms with Crippen molar-refractivity contribution in [2.75, 3.05) is 11.0 Å². The van der Waals surface area contributed by atoms with E-state index in [1.54, 1.807) is 0 Å². The van der Waals surface area contributed by atoms with Crippen molar-refractivity contribution < 1.29 is 4.74 Å². The van der Waals surface area contributed by atoms with Crippen molar-refractivity contribution in [3.63, 3.8) is 0 Å². The van der Waals surface area contributed by atoms with Crippen LogP contribution in [0.15, 0.2) is 30.3 Å². The molecule has 1 aromatic carbocycles. The van der Waals surface area contributed by atoms with Crippen molar-refractivity contribution >= 4 is 22.6 Å². The van der Waals surface area contributed by atoms with Gasteiger partial charge in [0.25, 0.3) is 0 Å². The molecule has 2 heteroatoms. The summed E-state index contributed by atoms with van der Waals surface area (Å²) >= 11 is 2.41. The molecule has 1 atom stereocenters. The minimum atomic E-state index is -0.107. The van der Waals surface area contributed by atoms with E-state index in [1.165, 1.54) is 18.4 Å². The zero-order valence-electron chi connectivity index (χ0n) is 9.08. The first-order valence-electron chi connectivity index (χ1n) is 5.50. The topological polar surface area (TPSA) is 9.23 Å². The molecular formula is C13H17IO. The van der Waals surface area contributed by atoms with E-state index in [1.807, 2.05) is 0 Å². The molecule has 0 amide bonds. The van der Waals surface area contributed by atoms with Gasteiger partial charge in [0.1, 0.15) is 0 Å². The first kappa shape index (κ1) is 11.4. The monoisotopic (exact) mass is 316 g/mol. The molecule has 0 saturated heterocycles. The largest absolute Gasteiger partial charge is 0.369 e. The van der Waals surface area contributed by atoms with Gasteiger partial charge in [-0.05, 0) is 31.2 Å². The molecule has 1 aliphatic rings. The van der Waals surface area contributed by atoms with Crippen LogP contribution in [-0.2, 0) is 10.3 Å². The molecule has 82 valence electrons. The number of rotatable bonds is 5. The van der Waals surface area contributed by atoms with Crippen LogP contribution in [0.3, 0.4) is 0 Å². The zero-order valence-corrected chi connectivity index (χ0v) is 11.2. The van der Waals surface area contributed by atoms with Crippen LogP contribution in [-0.4, -0.2) is 11.0 Å². The van der Waals surface area contributed by atoms with Crippen molar-refractivity contribution in [1.29, 1.82) is 0 Å². The fraction of sp³-hybridized carbons (Fsp3) is 0.538. The second kappa shape index (κ2) is 4.83. The van der Waals surface area contributed by atoms with Gasteiger partial charge >= 0.3 is 0 Å². The third-order valence-electron chi connectivity index (χ3n) is 2.97. The van der Waals surface area contributed by atoms with Crippen LogP contribution in [0.5, 0.6) is 0 Å². The second-order valence-electron chi connectivity index (χ2n) is 4.48. The van der Waals surface area contributed by atoms with Crippen molar-refractivity contribution in [1.82, 2.24) is 0 Å². The molecule has 1 saturated carbocycles. The molecule has 1 nitrogen and oxygen atoms in total. The van der Waals surface area contributed by atoms with Crippen LogP contribution in [0.1, 0.15) is 25.3 Å². The minimum Gasteiger partial charge on any atom is -0.369 e. The number of halogens is 1. The molecule has 2 rings (SSSR count). The Balaban J connectivity index is 2.05. The summed E-state index contributed by atoms with van der Waals surface area (Å²) in [4.78, 5) is 0. The molecule has 0 radical (unpaired) electrons. The predicted molar refractivity (Wildman–Crippen MR) is 71.4 cm³/mol. The maximum Gasteiger partial charge on any atom is 0.0992 e. The van der Waals surface area contributed by atoms with Crippen molar-refractivity contribution in [3.8, 4) is 0 Å². The van der Waals surface area contributed by atoms with Crippen LogP contribution in [0, 0.1) is 5.92 Å². The minimum absolute atomic E-state index is 0.107. The average Bonchev–Trinajstić information content (AvgIpc) is 3.11. The van der Waals surface area contributed by atoms with Crippen LogP contribution in [0.25, 0.3) is 0 Å². The summed E-state index contributed by atoms with van der Waals surface area (Å²) in [7, 11) is 0. The van der Waals surface area contributed by atoms with Crippen LogP contribution in [0.4, 0.5) is 0 Å². The summed E-state index contributed by atoms with van der Waals surface area (Å²) < 4.78 is 7.08. The molecule has 0 N–H and O–H groups in total. The Morgan fingerprint density at radius 2 is 2.00 bits per heavy atom. The van der Waals surface area contributed by atoms with Gasteiger partial charge in [0.15, 0.2) is 0 Å². The van der Waals surface area contributed by atoms with E-state index < -0.39 is 0 Å². The Kier molecular flexibility index (Phi) is 3.67. The smallest absolute Gasteiger partial charge is 0.0992 e. The molecule has 1 aliphatic carbocycles. The Morgan fingerprint density at radius 1 is 1.33 bits per heavy atom. The Hall–Kier alpha value is -0.0900. The number of hydrogen-bond donors (Lipinski definition) is 0. The molecule has 1 unspecified atom stereocenters. The van der Waals surface area contributed by atoms with Gasteiger partial charge in [-0.3, -0.25) is 0 Å². The molecule has 0 aliphatic heterocycles. The normalized spacial score (nSPS) is 19.9. The summed E-state index contributed by atoms with van der Waals surface area (Å²) in [5.74, 6) is 0.830. The van der Waals surface area contributed by atoms with E-state index in [4.69, 9.17) is 4.74 Å². The lowest BCUT2D eigenvalue weighted by atomic mass is 9.98. The second-order valence-corrected chi connectivity index (χ2v) is 5.25. The zero-order chi connectivity index (χ0) is 10.7. The number of benzene rings is 1. The maximum absolute atomic E-state index is 6.08. The van der Waals surface area contributed by atoms with Crippen LogP contribution in [0.2, 0.25) is 0 Å². The van der Waals surface area contributed by atoms with E-state index in [2.05, 4.69) is 59.8 Å². The lowest BCUT2D eigenvalue weighted by molar-refractivity contribution is -0.0212. The standard InChI is InChI=1S/C13H17IO/c1-13(10-14,15-9-11-7-8-11)12-5-3-2-4-6-12/h2-6,11H,7-10H2,1H3. The highest BCUT2D eigenvalue weighted by atomic mass is 127. The molecule has 0 bridgehead atoms. The van der Waals surface area contributed by atoms with Gasteiger partial charge < -0.3 is 4.74 Å². The first-order valence-corrected chi connectivity index (χ1v) is 7.02. The third-order valence-corrected chi connectivity index (χ3v) is 4.43. The molecule has 0 heterocycles. The summed E-state index contributed by atoms with van der Waals surface area (Å²) in [6, 6.07) is 10.5. The molecule has 15 heavy (non-hydrogen) atoms. The van der Waals surface area contributed by atoms with Gasteiger partial charge in [-0.25, -0.2) is 0 Å². The van der Waals surface area contributed by atoms with Gasteiger partial charge in [-0.1, -0.05) is 52.9 Å². The fourth-order valence-electron chi connectivity index (χ4n) is 1.58. The van der Waals surface area contributed by atoms with E-state index in [-0.39, 0.29) is 5.60 Å². The fourth-order valence-corrected chi connectivity index (χ4v) is 2.24. The highest BCUT2D eigenvalue weighted by Gasteiger charge is 2.30. The van der Waals surface area contributed by atoms with E-state index >= 15 is 0 Å². The molecule has 1 fully saturated rings. The summed E-state index contributed by atoms with van der Waals surface area (Å²) in [6.45, 7) is 3.12. The van der Waals surface area contributed by atoms with Gasteiger partial charge in [-0.2, -0.15) is 0 Å². The summed E-state index contributed by atoms with van der Waals surface area (Å²) in [6.07, 6.45) is 2.71. The van der Waals surface area contributed by atoms with Gasteiger partial charge in [0, 0.05) is 4.43 Å². The van der Waals surface area contributed by atoms with Gasteiger partial charge in [0.2, 0.25) is 0 Å². The summed E-state index contributed by atoms with van der Waals surface area (Å²) in [5, 5.41) is 0. The highest BCUT2D eigenvalue weighted by molar-refractivity contribution is 14.1. The highest BCUT2D eigenvalue weighted by Crippen LogP contribution is 2.34. The van der Waals surface area contributed by atoms with Gasteiger partial charge in [-0.15, -0.1) is 0 Å². The maximum atomic E-state index is 6.08. The molecular weight excluding hydrogens is 299 g/mol. The number of ether oxygens (including phenoxy) is 1. The quantitative estimate of drug-likeness (QED) is 0.594. The predicted octanol–water partition coefficient (Wildman–Crippen LogP) is 3.76. The Labute approximate surface area is 105 Å². The lowest BCUT2D eigenvalue weighted by Gasteiger charge is -2.28. The Morgan fingerprint density at radius 3 is 2.53 bits per heavy atom. The molecule has 0 spiro atoms. The Bertz CT molecular complexity index is 308. The van der Waals surface area contributed by atoms with E-state index in [0.29, 0.717) is 0 Å². The van der Waals surface area contributed by atoms with Crippen LogP contribution < -0.4 is 0 Å². The van der Waals surface area contributed by atoms with E-state index in [0.717, 1.165) is 17.0 Å². The number of hydrogen-bond acceptors (Lipinski definition) is 1. The first-order chi connectivity index (χ1) is 7.24. The summed E-state index contributed by atoms with van der Waals surface area (Å²) in [5.41, 5.74) is 1.18. The molecule has 1 aromatic rings.